The maximum Gasteiger partial charge on any atom is 0.273 e. The monoisotopic (exact) mass is 294 g/mol. The van der Waals surface area contributed by atoms with Crippen LogP contribution in [0.4, 0.5) is 5.69 Å². The van der Waals surface area contributed by atoms with Crippen LogP contribution in [0.1, 0.15) is 20.3 Å². The molecular weight excluding hydrogens is 272 g/mol. The van der Waals surface area contributed by atoms with E-state index in [0.29, 0.717) is 12.4 Å². The van der Waals surface area contributed by atoms with Crippen molar-refractivity contribution in [3.05, 3.63) is 34.4 Å². The fraction of sp³-hybridized carbons (Fsp3) is 0.600. The van der Waals surface area contributed by atoms with Crippen molar-refractivity contribution in [3.8, 4) is 5.75 Å². The van der Waals surface area contributed by atoms with Crippen LogP contribution in [0.25, 0.3) is 0 Å². The van der Waals surface area contributed by atoms with E-state index in [-0.39, 0.29) is 17.9 Å². The van der Waals surface area contributed by atoms with Gasteiger partial charge in [0.15, 0.2) is 0 Å². The first kappa shape index (κ1) is 15.7. The normalized spacial score (nSPS) is 23.0. The van der Waals surface area contributed by atoms with Gasteiger partial charge in [-0.3, -0.25) is 15.0 Å². The van der Waals surface area contributed by atoms with E-state index < -0.39 is 4.92 Å². The Morgan fingerprint density at radius 2 is 2.10 bits per heavy atom. The summed E-state index contributed by atoms with van der Waals surface area (Å²) in [6, 6.07) is 6.30. The zero-order chi connectivity index (χ0) is 15.2. The summed E-state index contributed by atoms with van der Waals surface area (Å²) in [5.41, 5.74) is 0.0586. The summed E-state index contributed by atoms with van der Waals surface area (Å²) >= 11 is 0. The van der Waals surface area contributed by atoms with Crippen molar-refractivity contribution >= 4 is 5.69 Å². The van der Waals surface area contributed by atoms with E-state index in [4.69, 9.17) is 9.47 Å². The van der Waals surface area contributed by atoms with E-state index in [1.807, 2.05) is 0 Å². The van der Waals surface area contributed by atoms with Gasteiger partial charge in [-0.25, -0.2) is 0 Å². The van der Waals surface area contributed by atoms with Crippen LogP contribution in [0.3, 0.4) is 0 Å². The zero-order valence-corrected chi connectivity index (χ0v) is 12.5. The highest BCUT2D eigenvalue weighted by Crippen LogP contribution is 2.19. The number of rotatable bonds is 6. The van der Waals surface area contributed by atoms with Crippen LogP contribution >= 0.6 is 0 Å². The van der Waals surface area contributed by atoms with Gasteiger partial charge >= 0.3 is 0 Å². The first-order valence-corrected chi connectivity index (χ1v) is 7.29. The van der Waals surface area contributed by atoms with Crippen LogP contribution in [0.5, 0.6) is 5.75 Å². The third-order valence-corrected chi connectivity index (χ3v) is 3.41. The van der Waals surface area contributed by atoms with Crippen molar-refractivity contribution in [2.45, 2.75) is 32.5 Å². The molecule has 0 saturated carbocycles. The molecule has 6 nitrogen and oxygen atoms in total. The number of nitrogens with zero attached hydrogens (tertiary/aromatic N) is 2. The molecule has 0 unspecified atom stereocenters. The molecule has 1 aromatic rings. The minimum Gasteiger partial charge on any atom is -0.493 e. The number of non-ortho nitro benzene ring substituents is 1. The van der Waals surface area contributed by atoms with Crippen LogP contribution in [-0.2, 0) is 4.74 Å². The lowest BCUT2D eigenvalue weighted by Crippen LogP contribution is -2.45. The number of nitro groups is 1. The summed E-state index contributed by atoms with van der Waals surface area (Å²) in [6.45, 7) is 7.57. The van der Waals surface area contributed by atoms with Crippen LogP contribution in [-0.4, -0.2) is 48.3 Å². The van der Waals surface area contributed by atoms with Gasteiger partial charge in [0.1, 0.15) is 5.75 Å². The number of hydrogen-bond acceptors (Lipinski definition) is 5. The van der Waals surface area contributed by atoms with Gasteiger partial charge in [-0.05, 0) is 26.3 Å². The van der Waals surface area contributed by atoms with Crippen molar-refractivity contribution in [1.82, 2.24) is 4.90 Å². The molecule has 0 radical (unpaired) electrons. The predicted molar refractivity (Wildman–Crippen MR) is 79.7 cm³/mol. The predicted octanol–water partition coefficient (Wildman–Crippen LogP) is 2.47. The second-order valence-corrected chi connectivity index (χ2v) is 5.47. The highest BCUT2D eigenvalue weighted by atomic mass is 16.6. The number of nitro benzene ring substituents is 1. The Bertz CT molecular complexity index is 470. The fourth-order valence-electron chi connectivity index (χ4n) is 2.63. The number of ether oxygens (including phenoxy) is 2. The van der Waals surface area contributed by atoms with Gasteiger partial charge in [-0.15, -0.1) is 0 Å². The second-order valence-electron chi connectivity index (χ2n) is 5.47. The minimum absolute atomic E-state index is 0.0586. The van der Waals surface area contributed by atoms with Crippen molar-refractivity contribution < 1.29 is 14.4 Å². The van der Waals surface area contributed by atoms with Crippen molar-refractivity contribution in [3.63, 3.8) is 0 Å². The van der Waals surface area contributed by atoms with Crippen molar-refractivity contribution in [2.24, 2.45) is 0 Å². The molecule has 0 aliphatic carbocycles. The maximum atomic E-state index is 10.7. The minimum atomic E-state index is -0.413. The largest absolute Gasteiger partial charge is 0.493 e. The number of hydrogen-bond donors (Lipinski definition) is 0. The molecule has 0 amide bonds. The second kappa shape index (κ2) is 7.38. The highest BCUT2D eigenvalue weighted by Gasteiger charge is 2.21. The average Bonchev–Trinajstić information content (AvgIpc) is 2.43. The van der Waals surface area contributed by atoms with E-state index in [2.05, 4.69) is 18.7 Å². The summed E-state index contributed by atoms with van der Waals surface area (Å²) < 4.78 is 11.3. The van der Waals surface area contributed by atoms with E-state index >= 15 is 0 Å². The quantitative estimate of drug-likeness (QED) is 0.458. The molecule has 2 rings (SSSR count). The Hall–Kier alpha value is -1.66. The summed E-state index contributed by atoms with van der Waals surface area (Å²) in [5.74, 6) is 0.549. The molecule has 0 aromatic heterocycles. The molecule has 2 atom stereocenters. The lowest BCUT2D eigenvalue weighted by Gasteiger charge is -2.35. The lowest BCUT2D eigenvalue weighted by atomic mass is 10.2. The fourth-order valence-corrected chi connectivity index (χ4v) is 2.63. The summed E-state index contributed by atoms with van der Waals surface area (Å²) in [4.78, 5) is 12.6. The topological polar surface area (TPSA) is 64.8 Å². The summed E-state index contributed by atoms with van der Waals surface area (Å²) in [6.07, 6.45) is 1.43. The Morgan fingerprint density at radius 3 is 2.76 bits per heavy atom. The Kier molecular flexibility index (Phi) is 5.52. The van der Waals surface area contributed by atoms with Crippen molar-refractivity contribution in [1.29, 1.82) is 0 Å². The molecule has 0 spiro atoms. The molecule has 0 N–H and O–H groups in total. The van der Waals surface area contributed by atoms with Crippen LogP contribution in [0.2, 0.25) is 0 Å². The van der Waals surface area contributed by atoms with Gasteiger partial charge < -0.3 is 9.47 Å². The van der Waals surface area contributed by atoms with E-state index in [1.54, 1.807) is 12.1 Å². The number of morpholine rings is 1. The van der Waals surface area contributed by atoms with Gasteiger partial charge in [0, 0.05) is 25.7 Å². The molecule has 1 saturated heterocycles. The van der Waals surface area contributed by atoms with Gasteiger partial charge in [0.25, 0.3) is 5.69 Å². The third-order valence-electron chi connectivity index (χ3n) is 3.41. The van der Waals surface area contributed by atoms with Crippen LogP contribution in [0.15, 0.2) is 24.3 Å². The molecule has 21 heavy (non-hydrogen) atoms. The lowest BCUT2D eigenvalue weighted by molar-refractivity contribution is -0.384. The maximum absolute atomic E-state index is 10.7. The Labute approximate surface area is 124 Å². The number of benzene rings is 1. The van der Waals surface area contributed by atoms with E-state index in [0.717, 1.165) is 26.1 Å². The standard InChI is InChI=1S/C15H22N2O4/c1-12-10-16(11-13(2)21-12)7-4-8-20-15-6-3-5-14(9-15)17(18)19/h3,5-6,9,12-13H,4,7-8,10-11H2,1-2H3/t12-,13+. The molecule has 1 aromatic carbocycles. The SMILES string of the molecule is C[C@@H]1CN(CCCOc2cccc([N+](=O)[O-])c2)C[C@H](C)O1. The molecule has 1 fully saturated rings. The molecule has 0 bridgehead atoms. The van der Waals surface area contributed by atoms with Crippen molar-refractivity contribution in [2.75, 3.05) is 26.2 Å². The van der Waals surface area contributed by atoms with Crippen LogP contribution in [0, 0.1) is 10.1 Å². The zero-order valence-electron chi connectivity index (χ0n) is 12.5. The van der Waals surface area contributed by atoms with Gasteiger partial charge in [-0.2, -0.15) is 0 Å². The highest BCUT2D eigenvalue weighted by molar-refractivity contribution is 5.37. The summed E-state index contributed by atoms with van der Waals surface area (Å²) in [7, 11) is 0. The first-order valence-electron chi connectivity index (χ1n) is 7.29. The average molecular weight is 294 g/mol. The molecule has 1 aliphatic heterocycles. The Morgan fingerprint density at radius 1 is 1.38 bits per heavy atom. The van der Waals surface area contributed by atoms with Gasteiger partial charge in [0.05, 0.1) is 29.8 Å². The molecule has 1 aliphatic rings. The molecule has 116 valence electrons. The van der Waals surface area contributed by atoms with Crippen LogP contribution < -0.4 is 4.74 Å². The van der Waals surface area contributed by atoms with E-state index in [1.165, 1.54) is 12.1 Å². The summed E-state index contributed by atoms with van der Waals surface area (Å²) in [5, 5.41) is 10.7. The van der Waals surface area contributed by atoms with Gasteiger partial charge in [0.2, 0.25) is 0 Å². The Balaban J connectivity index is 1.72. The molecule has 6 heteroatoms. The molecular formula is C15H22N2O4. The van der Waals surface area contributed by atoms with E-state index in [9.17, 15) is 10.1 Å². The first-order chi connectivity index (χ1) is 10.0. The third kappa shape index (κ3) is 4.99. The van der Waals surface area contributed by atoms with Gasteiger partial charge in [-0.1, -0.05) is 6.07 Å². The smallest absolute Gasteiger partial charge is 0.273 e. The molecule has 1 heterocycles.